The first-order valence-corrected chi connectivity index (χ1v) is 6.34. The molecule has 0 atom stereocenters. The van der Waals surface area contributed by atoms with Crippen molar-refractivity contribution in [3.05, 3.63) is 64.1 Å². The van der Waals surface area contributed by atoms with Gasteiger partial charge in [-0.1, -0.05) is 46.3 Å². The number of nitrogens with two attached hydrogens (primary N) is 1. The second-order valence-corrected chi connectivity index (χ2v) is 4.80. The van der Waals surface area contributed by atoms with E-state index in [4.69, 9.17) is 5.73 Å². The number of hydrogen-bond acceptors (Lipinski definition) is 2. The molecule has 0 fully saturated rings. The third-order valence-electron chi connectivity index (χ3n) is 2.58. The van der Waals surface area contributed by atoms with Crippen molar-refractivity contribution >= 4 is 21.6 Å². The highest BCUT2D eigenvalue weighted by atomic mass is 79.9. The molecule has 0 aromatic heterocycles. The number of nitrogens with one attached hydrogen (secondary N) is 1. The van der Waals surface area contributed by atoms with E-state index in [2.05, 4.69) is 57.6 Å². The van der Waals surface area contributed by atoms with Crippen LogP contribution in [0, 0.1) is 0 Å². The Morgan fingerprint density at radius 1 is 1.00 bits per heavy atom. The topological polar surface area (TPSA) is 38.0 Å². The number of benzene rings is 2. The lowest BCUT2D eigenvalue weighted by Gasteiger charge is -2.07. The van der Waals surface area contributed by atoms with Gasteiger partial charge in [-0.2, -0.15) is 0 Å². The number of rotatable bonds is 4. The SMILES string of the molecule is NCc1ccc(CNc2cccc(Br)c2)cc1. The minimum atomic E-state index is 0.597. The van der Waals surface area contributed by atoms with Crippen LogP contribution in [-0.2, 0) is 13.1 Å². The van der Waals surface area contributed by atoms with E-state index < -0.39 is 0 Å². The van der Waals surface area contributed by atoms with Crippen molar-refractivity contribution in [3.63, 3.8) is 0 Å². The van der Waals surface area contributed by atoms with Crippen LogP contribution in [0.3, 0.4) is 0 Å². The Kier molecular flexibility index (Phi) is 4.18. The average Bonchev–Trinajstić information content (AvgIpc) is 2.37. The molecule has 88 valence electrons. The van der Waals surface area contributed by atoms with Gasteiger partial charge in [0.25, 0.3) is 0 Å². The van der Waals surface area contributed by atoms with Gasteiger partial charge >= 0.3 is 0 Å². The molecule has 0 heterocycles. The van der Waals surface area contributed by atoms with Crippen LogP contribution < -0.4 is 11.1 Å². The summed E-state index contributed by atoms with van der Waals surface area (Å²) >= 11 is 3.45. The van der Waals surface area contributed by atoms with Crippen molar-refractivity contribution in [2.75, 3.05) is 5.32 Å². The van der Waals surface area contributed by atoms with Gasteiger partial charge in [0.1, 0.15) is 0 Å². The Labute approximate surface area is 110 Å². The van der Waals surface area contributed by atoms with Crippen molar-refractivity contribution in [1.29, 1.82) is 0 Å². The molecule has 3 heteroatoms. The van der Waals surface area contributed by atoms with Crippen molar-refractivity contribution in [1.82, 2.24) is 0 Å². The molecule has 0 saturated carbocycles. The van der Waals surface area contributed by atoms with Crippen LogP contribution in [-0.4, -0.2) is 0 Å². The summed E-state index contributed by atoms with van der Waals surface area (Å²) in [6.07, 6.45) is 0. The fourth-order valence-corrected chi connectivity index (χ4v) is 2.00. The Balaban J connectivity index is 1.97. The van der Waals surface area contributed by atoms with E-state index in [9.17, 15) is 0 Å². The number of halogens is 1. The Hall–Kier alpha value is -1.32. The molecule has 0 amide bonds. The molecule has 17 heavy (non-hydrogen) atoms. The summed E-state index contributed by atoms with van der Waals surface area (Å²) in [4.78, 5) is 0. The van der Waals surface area contributed by atoms with E-state index in [1.807, 2.05) is 12.1 Å². The van der Waals surface area contributed by atoms with Crippen molar-refractivity contribution < 1.29 is 0 Å². The van der Waals surface area contributed by atoms with Crippen LogP contribution in [0.15, 0.2) is 53.0 Å². The predicted molar refractivity (Wildman–Crippen MR) is 75.8 cm³/mol. The second kappa shape index (κ2) is 5.84. The lowest BCUT2D eigenvalue weighted by Crippen LogP contribution is -2.00. The zero-order valence-electron chi connectivity index (χ0n) is 9.49. The minimum absolute atomic E-state index is 0.597. The monoisotopic (exact) mass is 290 g/mol. The number of hydrogen-bond donors (Lipinski definition) is 2. The maximum absolute atomic E-state index is 5.56. The summed E-state index contributed by atoms with van der Waals surface area (Å²) in [7, 11) is 0. The Morgan fingerprint density at radius 3 is 2.35 bits per heavy atom. The largest absolute Gasteiger partial charge is 0.381 e. The van der Waals surface area contributed by atoms with Crippen molar-refractivity contribution in [2.24, 2.45) is 5.73 Å². The molecular formula is C14H15BrN2. The van der Waals surface area contributed by atoms with E-state index in [0.29, 0.717) is 6.54 Å². The molecule has 0 aliphatic rings. The maximum Gasteiger partial charge on any atom is 0.0400 e. The van der Waals surface area contributed by atoms with Gasteiger partial charge in [0.05, 0.1) is 0 Å². The molecule has 2 aromatic rings. The molecule has 2 nitrogen and oxygen atoms in total. The minimum Gasteiger partial charge on any atom is -0.381 e. The van der Waals surface area contributed by atoms with Gasteiger partial charge in [0.15, 0.2) is 0 Å². The quantitative estimate of drug-likeness (QED) is 0.904. The van der Waals surface area contributed by atoms with E-state index in [1.165, 1.54) is 5.56 Å². The van der Waals surface area contributed by atoms with Gasteiger partial charge in [-0.3, -0.25) is 0 Å². The van der Waals surface area contributed by atoms with Gasteiger partial charge in [-0.15, -0.1) is 0 Å². The molecule has 0 radical (unpaired) electrons. The van der Waals surface area contributed by atoms with Crippen LogP contribution in [0.2, 0.25) is 0 Å². The van der Waals surface area contributed by atoms with Crippen LogP contribution in [0.25, 0.3) is 0 Å². The van der Waals surface area contributed by atoms with Crippen LogP contribution >= 0.6 is 15.9 Å². The first kappa shape index (κ1) is 12.1. The summed E-state index contributed by atoms with van der Waals surface area (Å²) in [5.41, 5.74) is 9.09. The van der Waals surface area contributed by atoms with Crippen LogP contribution in [0.5, 0.6) is 0 Å². The molecule has 2 rings (SSSR count). The van der Waals surface area contributed by atoms with Crippen LogP contribution in [0.4, 0.5) is 5.69 Å². The molecule has 2 aromatic carbocycles. The van der Waals surface area contributed by atoms with E-state index >= 15 is 0 Å². The molecule has 3 N–H and O–H groups in total. The van der Waals surface area contributed by atoms with E-state index in [-0.39, 0.29) is 0 Å². The fourth-order valence-electron chi connectivity index (χ4n) is 1.60. The average molecular weight is 291 g/mol. The fraction of sp³-hybridized carbons (Fsp3) is 0.143. The normalized spacial score (nSPS) is 10.2. The summed E-state index contributed by atoms with van der Waals surface area (Å²) in [6, 6.07) is 16.5. The van der Waals surface area contributed by atoms with Gasteiger partial charge in [-0.25, -0.2) is 0 Å². The molecule has 0 aliphatic carbocycles. The third kappa shape index (κ3) is 3.58. The highest BCUT2D eigenvalue weighted by Gasteiger charge is 1.95. The van der Waals surface area contributed by atoms with Gasteiger partial charge < -0.3 is 11.1 Å². The summed E-state index contributed by atoms with van der Waals surface area (Å²) in [5, 5.41) is 3.38. The molecule has 0 saturated heterocycles. The van der Waals surface area contributed by atoms with Crippen molar-refractivity contribution in [3.8, 4) is 0 Å². The lowest BCUT2D eigenvalue weighted by atomic mass is 10.1. The highest BCUT2D eigenvalue weighted by molar-refractivity contribution is 9.10. The molecule has 0 spiro atoms. The van der Waals surface area contributed by atoms with E-state index in [1.54, 1.807) is 0 Å². The predicted octanol–water partition coefficient (Wildman–Crippen LogP) is 3.52. The molecule has 0 bridgehead atoms. The smallest absolute Gasteiger partial charge is 0.0400 e. The molecule has 0 unspecified atom stereocenters. The van der Waals surface area contributed by atoms with Gasteiger partial charge in [0, 0.05) is 23.2 Å². The zero-order chi connectivity index (χ0) is 12.1. The van der Waals surface area contributed by atoms with E-state index in [0.717, 1.165) is 22.3 Å². The summed E-state index contributed by atoms with van der Waals surface area (Å²) in [6.45, 7) is 1.42. The van der Waals surface area contributed by atoms with Crippen molar-refractivity contribution in [2.45, 2.75) is 13.1 Å². The third-order valence-corrected chi connectivity index (χ3v) is 3.07. The zero-order valence-corrected chi connectivity index (χ0v) is 11.1. The lowest BCUT2D eigenvalue weighted by molar-refractivity contribution is 1.06. The standard InChI is InChI=1S/C14H15BrN2/c15-13-2-1-3-14(8-13)17-10-12-6-4-11(9-16)5-7-12/h1-8,17H,9-10,16H2. The highest BCUT2D eigenvalue weighted by Crippen LogP contribution is 2.16. The molecular weight excluding hydrogens is 276 g/mol. The second-order valence-electron chi connectivity index (χ2n) is 3.88. The first-order chi connectivity index (χ1) is 8.28. The maximum atomic E-state index is 5.56. The number of anilines is 1. The Bertz CT molecular complexity index is 480. The molecule has 0 aliphatic heterocycles. The Morgan fingerprint density at radius 2 is 1.71 bits per heavy atom. The first-order valence-electron chi connectivity index (χ1n) is 5.55. The summed E-state index contributed by atoms with van der Waals surface area (Å²) in [5.74, 6) is 0. The van der Waals surface area contributed by atoms with Gasteiger partial charge in [0.2, 0.25) is 0 Å². The summed E-state index contributed by atoms with van der Waals surface area (Å²) < 4.78 is 1.08. The van der Waals surface area contributed by atoms with Crippen LogP contribution in [0.1, 0.15) is 11.1 Å². The van der Waals surface area contributed by atoms with Gasteiger partial charge in [-0.05, 0) is 29.3 Å².